The lowest BCUT2D eigenvalue weighted by atomic mass is 10.1. The third-order valence-electron chi connectivity index (χ3n) is 5.85. The monoisotopic (exact) mass is 506 g/mol. The number of nitrogens with zero attached hydrogens (tertiary/aromatic N) is 4. The molecule has 0 saturated heterocycles. The van der Waals surface area contributed by atoms with Crippen molar-refractivity contribution in [2.45, 2.75) is 38.4 Å². The van der Waals surface area contributed by atoms with Crippen molar-refractivity contribution in [1.29, 1.82) is 0 Å². The van der Waals surface area contributed by atoms with Gasteiger partial charge in [-0.3, -0.25) is 28.1 Å². The van der Waals surface area contributed by atoms with E-state index in [1.807, 2.05) is 13.8 Å². The van der Waals surface area contributed by atoms with Crippen LogP contribution in [0.1, 0.15) is 47.9 Å². The van der Waals surface area contributed by atoms with Crippen LogP contribution in [0.3, 0.4) is 0 Å². The highest BCUT2D eigenvalue weighted by Crippen LogP contribution is 2.23. The largest absolute Gasteiger partial charge is 0.350 e. The molecule has 4 rings (SSSR count). The first-order chi connectivity index (χ1) is 17.2. The normalized spacial score (nSPS) is 12.0. The van der Waals surface area contributed by atoms with Crippen LogP contribution in [0.15, 0.2) is 52.4 Å². The molecule has 0 bridgehead atoms. The Morgan fingerprint density at radius 2 is 1.75 bits per heavy atom. The molecule has 36 heavy (non-hydrogen) atoms. The van der Waals surface area contributed by atoms with E-state index in [2.05, 4.69) is 20.8 Å². The number of carbonyl (C=O) groups excluding carboxylic acids is 3. The lowest BCUT2D eigenvalue weighted by Gasteiger charge is -2.13. The van der Waals surface area contributed by atoms with Gasteiger partial charge in [0.05, 0.1) is 16.7 Å². The van der Waals surface area contributed by atoms with Crippen molar-refractivity contribution >= 4 is 51.7 Å². The van der Waals surface area contributed by atoms with E-state index in [-0.39, 0.29) is 35.0 Å². The van der Waals surface area contributed by atoms with Crippen LogP contribution in [-0.2, 0) is 11.8 Å². The van der Waals surface area contributed by atoms with E-state index in [0.29, 0.717) is 38.7 Å². The van der Waals surface area contributed by atoms with E-state index in [1.54, 1.807) is 53.9 Å². The van der Waals surface area contributed by atoms with Gasteiger partial charge in [-0.25, -0.2) is 0 Å². The number of nitrogens with one attached hydrogen (secondary N) is 2. The first kappa shape index (κ1) is 25.1. The number of hydrogen-bond donors (Lipinski definition) is 2. The number of benzene rings is 2. The maximum Gasteiger partial charge on any atom is 0.262 e. The zero-order valence-corrected chi connectivity index (χ0v) is 21.2. The molecule has 0 fully saturated rings. The highest BCUT2D eigenvalue weighted by atomic mass is 32.2. The maximum atomic E-state index is 12.9. The Bertz CT molecular complexity index is 1540. The van der Waals surface area contributed by atoms with E-state index >= 15 is 0 Å². The maximum absolute atomic E-state index is 12.9. The van der Waals surface area contributed by atoms with Gasteiger partial charge in [-0.1, -0.05) is 18.7 Å². The predicted octanol–water partition coefficient (Wildman–Crippen LogP) is 3.04. The average Bonchev–Trinajstić information content (AvgIpc) is 3.30. The molecule has 2 aromatic carbocycles. The van der Waals surface area contributed by atoms with Gasteiger partial charge < -0.3 is 10.6 Å². The number of aromatic nitrogens is 4. The number of aryl methyl sites for hydroxylation is 1. The van der Waals surface area contributed by atoms with Gasteiger partial charge in [-0.2, -0.15) is 0 Å². The van der Waals surface area contributed by atoms with Crippen LogP contribution in [0.5, 0.6) is 0 Å². The molecule has 0 aliphatic rings. The quantitative estimate of drug-likeness (QED) is 0.278. The zero-order valence-electron chi connectivity index (χ0n) is 20.4. The molecule has 0 radical (unpaired) electrons. The van der Waals surface area contributed by atoms with Crippen LogP contribution in [0.25, 0.3) is 16.7 Å². The number of amides is 2. The summed E-state index contributed by atoms with van der Waals surface area (Å²) in [6, 6.07) is 11.5. The molecule has 1 unspecified atom stereocenters. The molecule has 0 aliphatic heterocycles. The summed E-state index contributed by atoms with van der Waals surface area (Å²) in [5.41, 5.74) is 1.77. The Hall–Kier alpha value is -3.99. The summed E-state index contributed by atoms with van der Waals surface area (Å²) < 4.78 is 3.06. The Balaban J connectivity index is 1.63. The molecule has 2 aromatic heterocycles. The molecule has 2 N–H and O–H groups in total. The summed E-state index contributed by atoms with van der Waals surface area (Å²) in [6.07, 6.45) is 0.791. The molecule has 10 nitrogen and oxygen atoms in total. The number of rotatable bonds is 8. The minimum absolute atomic E-state index is 0.00932. The van der Waals surface area contributed by atoms with E-state index < -0.39 is 0 Å². The first-order valence-corrected chi connectivity index (χ1v) is 12.4. The van der Waals surface area contributed by atoms with Crippen molar-refractivity contribution in [2.24, 2.45) is 7.05 Å². The zero-order chi connectivity index (χ0) is 26.0. The average molecular weight is 507 g/mol. The molecule has 0 saturated carbocycles. The van der Waals surface area contributed by atoms with Gasteiger partial charge in [-0.05, 0) is 62.7 Å². The fraction of sp³-hybridized carbons (Fsp3) is 0.280. The first-order valence-electron chi connectivity index (χ1n) is 11.4. The van der Waals surface area contributed by atoms with Crippen molar-refractivity contribution in [3.05, 3.63) is 63.9 Å². The molecule has 11 heteroatoms. The summed E-state index contributed by atoms with van der Waals surface area (Å²) in [5.74, 6) is -0.222. The van der Waals surface area contributed by atoms with Crippen LogP contribution in [0.2, 0.25) is 0 Å². The Morgan fingerprint density at radius 1 is 1.06 bits per heavy atom. The van der Waals surface area contributed by atoms with E-state index in [0.717, 1.165) is 18.2 Å². The van der Waals surface area contributed by atoms with Gasteiger partial charge in [0.25, 0.3) is 11.5 Å². The second-order valence-electron chi connectivity index (χ2n) is 8.47. The Morgan fingerprint density at radius 3 is 2.42 bits per heavy atom. The number of ketones is 1. The smallest absolute Gasteiger partial charge is 0.262 e. The number of carbonyl (C=O) groups is 3. The fourth-order valence-corrected chi connectivity index (χ4v) is 4.36. The standard InChI is InChI=1S/C25H26N6O4S/c1-5-14(2)26-22(34)17-8-11-19-20(12-17)31-24(30(4)23(19)35)28-29-25(31)36-13-21(33)27-18-9-6-16(7-10-18)15(3)32/h6-12,14H,5,13H2,1-4H3,(H,26,34)(H,27,33). The Labute approximate surface area is 211 Å². The van der Waals surface area contributed by atoms with Gasteiger partial charge in [0.15, 0.2) is 10.9 Å². The van der Waals surface area contributed by atoms with Crippen molar-refractivity contribution < 1.29 is 14.4 Å². The lowest BCUT2D eigenvalue weighted by Crippen LogP contribution is -2.32. The molecule has 2 amide bonds. The van der Waals surface area contributed by atoms with Crippen LogP contribution in [0.4, 0.5) is 5.69 Å². The van der Waals surface area contributed by atoms with Crippen molar-refractivity contribution in [2.75, 3.05) is 11.1 Å². The molecule has 186 valence electrons. The number of hydrogen-bond acceptors (Lipinski definition) is 7. The van der Waals surface area contributed by atoms with E-state index in [9.17, 15) is 19.2 Å². The number of Topliss-reactive ketones (excluding diaryl/α,β-unsaturated/α-hetero) is 1. The van der Waals surface area contributed by atoms with Gasteiger partial charge in [0.2, 0.25) is 11.7 Å². The molecule has 0 aliphatic carbocycles. The summed E-state index contributed by atoms with van der Waals surface area (Å²) in [6.45, 7) is 5.38. The summed E-state index contributed by atoms with van der Waals surface area (Å²) >= 11 is 1.16. The number of fused-ring (bicyclic) bond motifs is 3. The summed E-state index contributed by atoms with van der Waals surface area (Å²) in [5, 5.41) is 14.9. The van der Waals surface area contributed by atoms with Crippen LogP contribution in [-0.4, -0.2) is 48.6 Å². The van der Waals surface area contributed by atoms with E-state index in [1.165, 1.54) is 11.5 Å². The second-order valence-corrected chi connectivity index (χ2v) is 9.41. The third-order valence-corrected chi connectivity index (χ3v) is 6.78. The van der Waals surface area contributed by atoms with Gasteiger partial charge in [0, 0.05) is 29.9 Å². The SMILES string of the molecule is CCC(C)NC(=O)c1ccc2c(=O)n(C)c3nnc(SCC(=O)Nc4ccc(C(C)=O)cc4)n3c2c1. The summed E-state index contributed by atoms with van der Waals surface area (Å²) in [4.78, 5) is 49.6. The second kappa shape index (κ2) is 10.3. The van der Waals surface area contributed by atoms with Gasteiger partial charge >= 0.3 is 0 Å². The predicted molar refractivity (Wildman–Crippen MR) is 139 cm³/mol. The number of anilines is 1. The minimum atomic E-state index is -0.268. The molecular formula is C25H26N6O4S. The van der Waals surface area contributed by atoms with E-state index in [4.69, 9.17) is 0 Å². The van der Waals surface area contributed by atoms with Crippen molar-refractivity contribution in [3.8, 4) is 0 Å². The van der Waals surface area contributed by atoms with Crippen LogP contribution >= 0.6 is 11.8 Å². The van der Waals surface area contributed by atoms with Gasteiger partial charge in [-0.15, -0.1) is 10.2 Å². The highest BCUT2D eigenvalue weighted by Gasteiger charge is 2.18. The van der Waals surface area contributed by atoms with Gasteiger partial charge in [0.1, 0.15) is 0 Å². The van der Waals surface area contributed by atoms with Crippen LogP contribution < -0.4 is 16.2 Å². The van der Waals surface area contributed by atoms with Crippen molar-refractivity contribution in [1.82, 2.24) is 24.5 Å². The molecular weight excluding hydrogens is 480 g/mol. The molecule has 2 heterocycles. The highest BCUT2D eigenvalue weighted by molar-refractivity contribution is 7.99. The fourth-order valence-electron chi connectivity index (χ4n) is 3.62. The van der Waals surface area contributed by atoms with Crippen LogP contribution in [0, 0.1) is 0 Å². The third kappa shape index (κ3) is 5.01. The minimum Gasteiger partial charge on any atom is -0.350 e. The Kier molecular flexibility index (Phi) is 7.20. The van der Waals surface area contributed by atoms with Crippen molar-refractivity contribution in [3.63, 3.8) is 0 Å². The molecule has 4 aromatic rings. The molecule has 0 spiro atoms. The molecule has 1 atom stereocenters. The summed E-state index contributed by atoms with van der Waals surface area (Å²) in [7, 11) is 1.60. The number of thioether (sulfide) groups is 1. The lowest BCUT2D eigenvalue weighted by molar-refractivity contribution is -0.113. The topological polar surface area (TPSA) is 127 Å².